The fourth-order valence-electron chi connectivity index (χ4n) is 4.28. The molecule has 0 N–H and O–H groups in total. The zero-order valence-corrected chi connectivity index (χ0v) is 22.8. The topological polar surface area (TPSA) is 88.3 Å². The van der Waals surface area contributed by atoms with E-state index in [0.29, 0.717) is 18.7 Å². The molecule has 0 aromatic heterocycles. The van der Waals surface area contributed by atoms with Crippen LogP contribution in [0.5, 0.6) is 0 Å². The summed E-state index contributed by atoms with van der Waals surface area (Å²) in [5, 5.41) is 10.9. The molecule has 0 aliphatic heterocycles. The molecule has 2 rings (SSSR count). The van der Waals surface area contributed by atoms with Gasteiger partial charge in [0.25, 0.3) is 5.69 Å². The third-order valence-corrected chi connectivity index (χ3v) is 6.10. The Labute approximate surface area is 221 Å². The SMILES string of the molecule is CCCN(CCC)CCCCN(Cc1ccc(CN=Cc2cccc([N+](=O)[O-])c2)cc1)C(C)OC(C)=O. The van der Waals surface area contributed by atoms with Crippen LogP contribution in [0.1, 0.15) is 70.1 Å². The Kier molecular flexibility index (Phi) is 13.5. The largest absolute Gasteiger partial charge is 0.447 e. The first kappa shape index (κ1) is 30.1. The molecule has 0 amide bonds. The number of carbonyl (C=O) groups excluding carboxylic acids is 1. The first-order chi connectivity index (χ1) is 17.8. The smallest absolute Gasteiger partial charge is 0.304 e. The summed E-state index contributed by atoms with van der Waals surface area (Å²) < 4.78 is 5.50. The molecule has 2 aromatic rings. The molecule has 0 saturated carbocycles. The van der Waals surface area contributed by atoms with Gasteiger partial charge in [-0.1, -0.05) is 50.2 Å². The van der Waals surface area contributed by atoms with Crippen LogP contribution in [0.4, 0.5) is 5.69 Å². The van der Waals surface area contributed by atoms with Crippen molar-refractivity contribution in [3.63, 3.8) is 0 Å². The highest BCUT2D eigenvalue weighted by atomic mass is 16.6. The maximum atomic E-state index is 11.6. The Morgan fingerprint density at radius 3 is 2.30 bits per heavy atom. The normalized spacial score (nSPS) is 12.4. The number of benzene rings is 2. The molecule has 202 valence electrons. The maximum Gasteiger partial charge on any atom is 0.304 e. The summed E-state index contributed by atoms with van der Waals surface area (Å²) >= 11 is 0. The van der Waals surface area contributed by atoms with Crippen molar-refractivity contribution in [3.8, 4) is 0 Å². The van der Waals surface area contributed by atoms with Crippen molar-refractivity contribution >= 4 is 17.9 Å². The van der Waals surface area contributed by atoms with E-state index in [-0.39, 0.29) is 17.9 Å². The molecule has 8 nitrogen and oxygen atoms in total. The minimum absolute atomic E-state index is 0.0556. The Hall–Kier alpha value is -3.10. The van der Waals surface area contributed by atoms with E-state index in [2.05, 4.69) is 40.8 Å². The summed E-state index contributed by atoms with van der Waals surface area (Å²) in [6, 6.07) is 14.7. The molecule has 0 radical (unpaired) electrons. The minimum atomic E-state index is -0.408. The maximum absolute atomic E-state index is 11.6. The van der Waals surface area contributed by atoms with Crippen LogP contribution in [0.25, 0.3) is 0 Å². The highest BCUT2D eigenvalue weighted by Crippen LogP contribution is 2.15. The van der Waals surface area contributed by atoms with Crippen LogP contribution in [0, 0.1) is 10.1 Å². The minimum Gasteiger partial charge on any atom is -0.447 e. The van der Waals surface area contributed by atoms with E-state index in [1.54, 1.807) is 18.3 Å². The summed E-state index contributed by atoms with van der Waals surface area (Å²) in [7, 11) is 0. The Bertz CT molecular complexity index is 988. The van der Waals surface area contributed by atoms with Crippen LogP contribution < -0.4 is 0 Å². The number of nitro benzene ring substituents is 1. The molecule has 2 aromatic carbocycles. The van der Waals surface area contributed by atoms with Gasteiger partial charge in [0.2, 0.25) is 0 Å². The summed E-state index contributed by atoms with van der Waals surface area (Å²) in [5.41, 5.74) is 2.95. The number of unbranched alkanes of at least 4 members (excludes halogenated alkanes) is 1. The second kappa shape index (κ2) is 16.6. The number of hydrogen-bond acceptors (Lipinski definition) is 7. The average molecular weight is 511 g/mol. The molecule has 0 aliphatic carbocycles. The second-order valence-corrected chi connectivity index (χ2v) is 9.37. The number of ether oxygens (including phenoxy) is 1. The van der Waals surface area contributed by atoms with E-state index in [1.165, 1.54) is 31.9 Å². The number of nitrogens with zero attached hydrogens (tertiary/aromatic N) is 4. The van der Waals surface area contributed by atoms with Crippen molar-refractivity contribution in [3.05, 3.63) is 75.3 Å². The van der Waals surface area contributed by atoms with E-state index < -0.39 is 4.92 Å². The van der Waals surface area contributed by atoms with Gasteiger partial charge < -0.3 is 9.64 Å². The Morgan fingerprint density at radius 1 is 1.03 bits per heavy atom. The average Bonchev–Trinajstić information content (AvgIpc) is 2.86. The van der Waals surface area contributed by atoms with Gasteiger partial charge in [-0.25, -0.2) is 0 Å². The Balaban J connectivity index is 1.93. The van der Waals surface area contributed by atoms with E-state index >= 15 is 0 Å². The molecular weight excluding hydrogens is 468 g/mol. The summed E-state index contributed by atoms with van der Waals surface area (Å²) in [6.45, 7) is 13.2. The number of esters is 1. The highest BCUT2D eigenvalue weighted by molar-refractivity contribution is 5.80. The molecular formula is C29H42N4O4. The van der Waals surface area contributed by atoms with Gasteiger partial charge >= 0.3 is 5.97 Å². The van der Waals surface area contributed by atoms with Gasteiger partial charge in [-0.2, -0.15) is 0 Å². The lowest BCUT2D eigenvalue weighted by atomic mass is 10.1. The van der Waals surface area contributed by atoms with Crippen molar-refractivity contribution < 1.29 is 14.5 Å². The zero-order valence-electron chi connectivity index (χ0n) is 22.8. The van der Waals surface area contributed by atoms with Gasteiger partial charge in [0.1, 0.15) is 0 Å². The number of nitro groups is 1. The predicted octanol–water partition coefficient (Wildman–Crippen LogP) is 5.83. The van der Waals surface area contributed by atoms with E-state index in [4.69, 9.17) is 4.74 Å². The van der Waals surface area contributed by atoms with Gasteiger partial charge in [-0.05, 0) is 68.9 Å². The number of carbonyl (C=O) groups is 1. The summed E-state index contributed by atoms with van der Waals surface area (Å²) in [6.07, 6.45) is 5.87. The number of aliphatic imine (C=N–C) groups is 1. The highest BCUT2D eigenvalue weighted by Gasteiger charge is 2.17. The van der Waals surface area contributed by atoms with Crippen LogP contribution in [-0.2, 0) is 22.6 Å². The predicted molar refractivity (Wildman–Crippen MR) is 149 cm³/mol. The van der Waals surface area contributed by atoms with Crippen molar-refractivity contribution in [2.45, 2.75) is 72.7 Å². The van der Waals surface area contributed by atoms with Crippen molar-refractivity contribution in [2.75, 3.05) is 26.2 Å². The summed E-state index contributed by atoms with van der Waals surface area (Å²) in [4.78, 5) is 31.3. The number of hydrogen-bond donors (Lipinski definition) is 0. The summed E-state index contributed by atoms with van der Waals surface area (Å²) in [5.74, 6) is -0.272. The molecule has 1 unspecified atom stereocenters. The lowest BCUT2D eigenvalue weighted by Crippen LogP contribution is -2.37. The number of non-ortho nitro benzene ring substituents is 1. The Morgan fingerprint density at radius 2 is 1.68 bits per heavy atom. The number of rotatable bonds is 17. The molecule has 0 bridgehead atoms. The van der Waals surface area contributed by atoms with Crippen LogP contribution in [0.15, 0.2) is 53.5 Å². The fourth-order valence-corrected chi connectivity index (χ4v) is 4.28. The van der Waals surface area contributed by atoms with Crippen molar-refractivity contribution in [1.29, 1.82) is 0 Å². The van der Waals surface area contributed by atoms with Gasteiger partial charge in [-0.15, -0.1) is 0 Å². The second-order valence-electron chi connectivity index (χ2n) is 9.37. The van der Waals surface area contributed by atoms with Crippen LogP contribution in [0.3, 0.4) is 0 Å². The van der Waals surface area contributed by atoms with E-state index in [1.807, 2.05) is 19.1 Å². The lowest BCUT2D eigenvalue weighted by molar-refractivity contribution is -0.384. The molecule has 0 saturated heterocycles. The molecule has 0 fully saturated rings. The molecule has 0 spiro atoms. The first-order valence-electron chi connectivity index (χ1n) is 13.3. The van der Waals surface area contributed by atoms with Gasteiger partial charge in [0, 0.05) is 38.4 Å². The monoisotopic (exact) mass is 510 g/mol. The lowest BCUT2D eigenvalue weighted by Gasteiger charge is -2.29. The van der Waals surface area contributed by atoms with E-state index in [9.17, 15) is 14.9 Å². The van der Waals surface area contributed by atoms with Gasteiger partial charge in [0.15, 0.2) is 6.23 Å². The molecule has 1 atom stereocenters. The van der Waals surface area contributed by atoms with Gasteiger partial charge in [-0.3, -0.25) is 24.8 Å². The quantitative estimate of drug-likeness (QED) is 0.0665. The van der Waals surface area contributed by atoms with Crippen LogP contribution in [-0.4, -0.2) is 59.3 Å². The molecule has 8 heteroatoms. The first-order valence-corrected chi connectivity index (χ1v) is 13.3. The van der Waals surface area contributed by atoms with E-state index in [0.717, 1.165) is 50.1 Å². The molecule has 0 aliphatic rings. The fraction of sp³-hybridized carbons (Fsp3) is 0.517. The van der Waals surface area contributed by atoms with Crippen molar-refractivity contribution in [1.82, 2.24) is 9.80 Å². The third kappa shape index (κ3) is 11.7. The van der Waals surface area contributed by atoms with Gasteiger partial charge in [0.05, 0.1) is 11.5 Å². The van der Waals surface area contributed by atoms with Crippen molar-refractivity contribution in [2.24, 2.45) is 4.99 Å². The molecule has 0 heterocycles. The zero-order chi connectivity index (χ0) is 27.0. The third-order valence-electron chi connectivity index (χ3n) is 6.10. The van der Waals surface area contributed by atoms with Crippen LogP contribution in [0.2, 0.25) is 0 Å². The van der Waals surface area contributed by atoms with Crippen LogP contribution >= 0.6 is 0 Å². The standard InChI is InChI=1S/C29H42N4O4/c1-5-16-31(17-6-2)18-7-8-19-32(24(3)37-25(4)34)23-27-14-12-26(13-15-27)21-30-22-28-10-9-11-29(20-28)33(35)36/h9-15,20,22,24H,5-8,16-19,21,23H2,1-4H3. The molecule has 37 heavy (non-hydrogen) atoms.